The van der Waals surface area contributed by atoms with Crippen LogP contribution >= 0.6 is 11.3 Å². The quantitative estimate of drug-likeness (QED) is 0.737. The van der Waals surface area contributed by atoms with Crippen LogP contribution in [0.2, 0.25) is 0 Å². The summed E-state index contributed by atoms with van der Waals surface area (Å²) >= 11 is 1.49. The maximum Gasteiger partial charge on any atom is 0.225 e. The van der Waals surface area contributed by atoms with Crippen LogP contribution in [0.25, 0.3) is 0 Å². The summed E-state index contributed by atoms with van der Waals surface area (Å²) in [6.45, 7) is 2.20. The lowest BCUT2D eigenvalue weighted by Gasteiger charge is -2.17. The molecule has 28 heavy (non-hydrogen) atoms. The molecule has 148 valence electrons. The fourth-order valence-electron chi connectivity index (χ4n) is 3.50. The number of thiophene rings is 1. The van der Waals surface area contributed by atoms with E-state index in [1.807, 2.05) is 18.2 Å². The van der Waals surface area contributed by atoms with Crippen LogP contribution in [0.5, 0.6) is 0 Å². The van der Waals surface area contributed by atoms with E-state index in [1.165, 1.54) is 16.2 Å². The number of nitrogens with zero attached hydrogens (tertiary/aromatic N) is 1. The first-order valence-electron chi connectivity index (χ1n) is 9.47. The van der Waals surface area contributed by atoms with Gasteiger partial charge in [-0.3, -0.25) is 4.79 Å². The molecule has 5 nitrogen and oxygen atoms in total. The molecule has 0 spiro atoms. The number of carbonyl (C=O) groups excluding carboxylic acids is 1. The smallest absolute Gasteiger partial charge is 0.225 e. The minimum atomic E-state index is -3.25. The van der Waals surface area contributed by atoms with E-state index in [0.717, 1.165) is 30.4 Å². The van der Waals surface area contributed by atoms with Crippen molar-refractivity contribution in [1.82, 2.24) is 0 Å². The Morgan fingerprint density at radius 3 is 2.79 bits per heavy atom. The van der Waals surface area contributed by atoms with Gasteiger partial charge in [-0.15, -0.1) is 11.3 Å². The van der Waals surface area contributed by atoms with Gasteiger partial charge < -0.3 is 5.32 Å². The summed E-state index contributed by atoms with van der Waals surface area (Å²) in [6.07, 6.45) is 3.28. The van der Waals surface area contributed by atoms with Gasteiger partial charge in [0.2, 0.25) is 5.91 Å². The van der Waals surface area contributed by atoms with Gasteiger partial charge in [0.05, 0.1) is 17.1 Å². The lowest BCUT2D eigenvalue weighted by Crippen LogP contribution is -2.15. The zero-order chi connectivity index (χ0) is 20.1. The number of nitrogens with one attached hydrogen (secondary N) is 1. The summed E-state index contributed by atoms with van der Waals surface area (Å²) < 4.78 is 24.5. The highest BCUT2D eigenvalue weighted by atomic mass is 32.2. The maximum absolute atomic E-state index is 12.3. The second-order valence-corrected chi connectivity index (χ2v) is 10.7. The van der Waals surface area contributed by atoms with Crippen molar-refractivity contribution in [3.63, 3.8) is 0 Å². The van der Waals surface area contributed by atoms with Crippen LogP contribution in [0.1, 0.15) is 47.8 Å². The second-order valence-electron chi connectivity index (χ2n) is 7.40. The molecule has 0 saturated carbocycles. The number of benzene rings is 1. The minimum absolute atomic E-state index is 0.0101. The molecule has 3 rings (SSSR count). The third-order valence-corrected chi connectivity index (χ3v) is 7.82. The van der Waals surface area contributed by atoms with Crippen LogP contribution in [0, 0.1) is 17.2 Å². The number of nitriles is 1. The van der Waals surface area contributed by atoms with Gasteiger partial charge in [-0.05, 0) is 42.7 Å². The third-order valence-electron chi connectivity index (χ3n) is 4.97. The van der Waals surface area contributed by atoms with Crippen LogP contribution in [0.4, 0.5) is 5.00 Å². The topological polar surface area (TPSA) is 87.0 Å². The molecule has 0 unspecified atom stereocenters. The molecule has 7 heteroatoms. The zero-order valence-corrected chi connectivity index (χ0v) is 17.5. The van der Waals surface area contributed by atoms with Gasteiger partial charge in [-0.1, -0.05) is 37.3 Å². The molecule has 1 amide bonds. The Labute approximate surface area is 170 Å². The number of hydrogen-bond donors (Lipinski definition) is 1. The summed E-state index contributed by atoms with van der Waals surface area (Å²) in [7, 11) is -3.25. The highest BCUT2D eigenvalue weighted by Gasteiger charge is 2.24. The Hall–Kier alpha value is -2.17. The summed E-state index contributed by atoms with van der Waals surface area (Å²) in [4.78, 5) is 13.5. The van der Waals surface area contributed by atoms with Crippen molar-refractivity contribution in [2.24, 2.45) is 5.92 Å². The van der Waals surface area contributed by atoms with E-state index in [-0.39, 0.29) is 30.3 Å². The number of carbonyl (C=O) groups is 1. The minimum Gasteiger partial charge on any atom is -0.317 e. The SMILES string of the molecule is C[C@@H]1CCc2c(sc(NC(=O)CCCS(=O)(=O)Cc3ccccc3)c2C#N)C1. The van der Waals surface area contributed by atoms with Crippen LogP contribution < -0.4 is 5.32 Å². The van der Waals surface area contributed by atoms with Gasteiger partial charge in [0.25, 0.3) is 0 Å². The Morgan fingerprint density at radius 2 is 2.07 bits per heavy atom. The molecule has 1 heterocycles. The van der Waals surface area contributed by atoms with Crippen molar-refractivity contribution in [1.29, 1.82) is 5.26 Å². The van der Waals surface area contributed by atoms with Crippen LogP contribution in [-0.2, 0) is 33.2 Å². The van der Waals surface area contributed by atoms with Gasteiger partial charge >= 0.3 is 0 Å². The average Bonchev–Trinajstić information content (AvgIpc) is 2.97. The molecule has 0 radical (unpaired) electrons. The number of amides is 1. The largest absolute Gasteiger partial charge is 0.317 e. The molecule has 1 aromatic heterocycles. The number of fused-ring (bicyclic) bond motifs is 1. The number of rotatable bonds is 7. The number of sulfone groups is 1. The normalized spacial score (nSPS) is 16.2. The van der Waals surface area contributed by atoms with Crippen molar-refractivity contribution in [2.75, 3.05) is 11.1 Å². The molecule has 0 aliphatic heterocycles. The van der Waals surface area contributed by atoms with Gasteiger partial charge in [-0.25, -0.2) is 8.42 Å². The highest BCUT2D eigenvalue weighted by Crippen LogP contribution is 2.39. The molecule has 1 aliphatic rings. The van der Waals surface area contributed by atoms with E-state index in [1.54, 1.807) is 12.1 Å². The summed E-state index contributed by atoms with van der Waals surface area (Å²) in [5, 5.41) is 12.9. The summed E-state index contributed by atoms with van der Waals surface area (Å²) in [5.41, 5.74) is 2.41. The molecule has 2 aromatic rings. The van der Waals surface area contributed by atoms with Crippen molar-refractivity contribution in [2.45, 2.75) is 44.8 Å². The number of hydrogen-bond acceptors (Lipinski definition) is 5. The van der Waals surface area contributed by atoms with Gasteiger partial charge in [0.15, 0.2) is 9.84 Å². The summed E-state index contributed by atoms with van der Waals surface area (Å²) in [5.74, 6) is 0.317. The third kappa shape index (κ3) is 5.21. The Bertz CT molecular complexity index is 989. The molecular weight excluding hydrogens is 392 g/mol. The first kappa shape index (κ1) is 20.6. The second kappa shape index (κ2) is 8.89. The Kier molecular flexibility index (Phi) is 6.53. The highest BCUT2D eigenvalue weighted by molar-refractivity contribution is 7.90. The lowest BCUT2D eigenvalue weighted by atomic mass is 9.89. The van der Waals surface area contributed by atoms with Gasteiger partial charge in [-0.2, -0.15) is 5.26 Å². The Morgan fingerprint density at radius 1 is 1.32 bits per heavy atom. The predicted octanol–water partition coefficient (Wildman–Crippen LogP) is 4.08. The molecule has 0 bridgehead atoms. The van der Waals surface area contributed by atoms with E-state index in [0.29, 0.717) is 16.5 Å². The molecule has 0 fully saturated rings. The molecular formula is C21H24N2O3S2. The monoisotopic (exact) mass is 416 g/mol. The fourth-order valence-corrected chi connectivity index (χ4v) is 6.31. The maximum atomic E-state index is 12.3. The van der Waals surface area contributed by atoms with Crippen LogP contribution in [-0.4, -0.2) is 20.1 Å². The fraction of sp³-hybridized carbons (Fsp3) is 0.429. The molecule has 1 N–H and O–H groups in total. The zero-order valence-electron chi connectivity index (χ0n) is 15.9. The first-order chi connectivity index (χ1) is 13.4. The van der Waals surface area contributed by atoms with Crippen molar-refractivity contribution < 1.29 is 13.2 Å². The van der Waals surface area contributed by atoms with Crippen molar-refractivity contribution in [3.8, 4) is 6.07 Å². The van der Waals surface area contributed by atoms with E-state index in [4.69, 9.17) is 0 Å². The van der Waals surface area contributed by atoms with E-state index >= 15 is 0 Å². The van der Waals surface area contributed by atoms with Crippen LogP contribution in [0.15, 0.2) is 30.3 Å². The van der Waals surface area contributed by atoms with Crippen molar-refractivity contribution >= 4 is 32.1 Å². The summed E-state index contributed by atoms with van der Waals surface area (Å²) in [6, 6.07) is 11.3. The lowest BCUT2D eigenvalue weighted by molar-refractivity contribution is -0.116. The standard InChI is InChI=1S/C21H24N2O3S2/c1-15-9-10-17-18(13-22)21(27-19(17)12-15)23-20(24)8-5-11-28(25,26)14-16-6-3-2-4-7-16/h2-4,6-7,15H,5,8-12,14H2,1H3,(H,23,24)/t15-/m1/s1. The van der Waals surface area contributed by atoms with E-state index in [9.17, 15) is 18.5 Å². The Balaban J connectivity index is 1.54. The van der Waals surface area contributed by atoms with Gasteiger partial charge in [0, 0.05) is 11.3 Å². The first-order valence-corrected chi connectivity index (χ1v) is 12.1. The van der Waals surface area contributed by atoms with Gasteiger partial charge in [0.1, 0.15) is 11.1 Å². The molecule has 0 saturated heterocycles. The van der Waals surface area contributed by atoms with Crippen LogP contribution in [0.3, 0.4) is 0 Å². The average molecular weight is 417 g/mol. The van der Waals surface area contributed by atoms with E-state index < -0.39 is 9.84 Å². The van der Waals surface area contributed by atoms with Crippen molar-refractivity contribution in [3.05, 3.63) is 51.9 Å². The van der Waals surface area contributed by atoms with E-state index in [2.05, 4.69) is 18.3 Å². The molecule has 1 aromatic carbocycles. The predicted molar refractivity (Wildman–Crippen MR) is 112 cm³/mol. The number of anilines is 1. The molecule has 1 aliphatic carbocycles. The molecule has 1 atom stereocenters.